The maximum atomic E-state index is 13.0. The van der Waals surface area contributed by atoms with E-state index in [2.05, 4.69) is 5.32 Å². The van der Waals surface area contributed by atoms with Crippen molar-refractivity contribution in [2.45, 2.75) is 30.2 Å². The molecule has 1 unspecified atom stereocenters. The number of hydrogen-bond acceptors (Lipinski definition) is 3. The summed E-state index contributed by atoms with van der Waals surface area (Å²) in [5, 5.41) is 11.5. The van der Waals surface area contributed by atoms with Crippen molar-refractivity contribution in [3.8, 4) is 0 Å². The van der Waals surface area contributed by atoms with Gasteiger partial charge in [0.1, 0.15) is 0 Å². The van der Waals surface area contributed by atoms with Crippen LogP contribution in [-0.4, -0.2) is 28.8 Å². The monoisotopic (exact) mass is 315 g/mol. The first-order chi connectivity index (χ1) is 9.95. The maximum Gasteiger partial charge on any atom is 0.305 e. The van der Waals surface area contributed by atoms with Crippen molar-refractivity contribution in [1.29, 1.82) is 0 Å². The lowest BCUT2D eigenvalue weighted by molar-refractivity contribution is -0.137. The van der Waals surface area contributed by atoms with E-state index in [0.717, 1.165) is 36.7 Å². The first-order valence-electron chi connectivity index (χ1n) is 6.54. The zero-order chi connectivity index (χ0) is 15.4. The smallest absolute Gasteiger partial charge is 0.305 e. The molecule has 0 spiro atoms. The fourth-order valence-corrected chi connectivity index (χ4v) is 2.72. The lowest BCUT2D eigenvalue weighted by Crippen LogP contribution is -2.39. The Morgan fingerprint density at radius 1 is 1.33 bits per heavy atom. The Morgan fingerprint density at radius 3 is 2.62 bits per heavy atom. The van der Waals surface area contributed by atoms with Gasteiger partial charge < -0.3 is 10.4 Å². The second-order valence-electron chi connectivity index (χ2n) is 4.97. The Kier molecular flexibility index (Phi) is 5.17. The molecule has 2 N–H and O–H groups in total. The molecule has 1 atom stereocenters. The minimum absolute atomic E-state index is 0.0356. The molecule has 1 fully saturated rings. The highest BCUT2D eigenvalue weighted by Gasteiger charge is 2.33. The molecule has 1 amide bonds. The van der Waals surface area contributed by atoms with E-state index in [0.29, 0.717) is 4.90 Å². The summed E-state index contributed by atoms with van der Waals surface area (Å²) in [6.45, 7) is 0. The summed E-state index contributed by atoms with van der Waals surface area (Å²) in [5.41, 5.74) is 0. The molecule has 0 aliphatic heterocycles. The van der Waals surface area contributed by atoms with Crippen molar-refractivity contribution in [3.05, 3.63) is 29.8 Å². The third-order valence-electron chi connectivity index (χ3n) is 3.19. The molecule has 4 nitrogen and oxygen atoms in total. The summed E-state index contributed by atoms with van der Waals surface area (Å²) in [4.78, 5) is 23.0. The SMILES string of the molecule is O=C(O)CC(NC(=O)CSc1ccc(F)c(F)c1)C1CC1. The summed E-state index contributed by atoms with van der Waals surface area (Å²) in [6, 6.07) is 3.09. The summed E-state index contributed by atoms with van der Waals surface area (Å²) in [6.07, 6.45) is 1.76. The molecular weight excluding hydrogens is 300 g/mol. The van der Waals surface area contributed by atoms with Crippen LogP contribution in [0.2, 0.25) is 0 Å². The molecule has 7 heteroatoms. The number of carboxylic acids is 1. The van der Waals surface area contributed by atoms with Crippen LogP contribution in [-0.2, 0) is 9.59 Å². The van der Waals surface area contributed by atoms with Crippen LogP contribution in [0.25, 0.3) is 0 Å². The van der Waals surface area contributed by atoms with Crippen molar-refractivity contribution in [3.63, 3.8) is 0 Å². The van der Waals surface area contributed by atoms with Gasteiger partial charge in [0.25, 0.3) is 0 Å². The highest BCUT2D eigenvalue weighted by molar-refractivity contribution is 8.00. The molecule has 1 aliphatic rings. The number of halogens is 2. The predicted molar refractivity (Wildman–Crippen MR) is 74.0 cm³/mol. The summed E-state index contributed by atoms with van der Waals surface area (Å²) < 4.78 is 25.8. The number of rotatable bonds is 7. The van der Waals surface area contributed by atoms with Crippen LogP contribution >= 0.6 is 11.8 Å². The molecule has 114 valence electrons. The van der Waals surface area contributed by atoms with E-state index in [9.17, 15) is 18.4 Å². The highest BCUT2D eigenvalue weighted by Crippen LogP contribution is 2.34. The number of amides is 1. The van der Waals surface area contributed by atoms with E-state index in [-0.39, 0.29) is 30.0 Å². The fraction of sp³-hybridized carbons (Fsp3) is 0.429. The van der Waals surface area contributed by atoms with Crippen LogP contribution in [0.3, 0.4) is 0 Å². The van der Waals surface area contributed by atoms with Gasteiger partial charge in [-0.05, 0) is 37.0 Å². The number of benzene rings is 1. The second-order valence-corrected chi connectivity index (χ2v) is 6.02. The third kappa shape index (κ3) is 5.00. The van der Waals surface area contributed by atoms with Crippen LogP contribution in [0.15, 0.2) is 23.1 Å². The topological polar surface area (TPSA) is 66.4 Å². The molecule has 0 bridgehead atoms. The second kappa shape index (κ2) is 6.89. The number of thioether (sulfide) groups is 1. The van der Waals surface area contributed by atoms with Gasteiger partial charge in [-0.1, -0.05) is 0 Å². The van der Waals surface area contributed by atoms with Gasteiger partial charge in [0.15, 0.2) is 11.6 Å². The van der Waals surface area contributed by atoms with Crippen LogP contribution in [0.4, 0.5) is 8.78 Å². The van der Waals surface area contributed by atoms with Crippen molar-refractivity contribution >= 4 is 23.6 Å². The van der Waals surface area contributed by atoms with Gasteiger partial charge in [-0.15, -0.1) is 11.8 Å². The Balaban J connectivity index is 1.83. The fourth-order valence-electron chi connectivity index (χ4n) is 1.99. The van der Waals surface area contributed by atoms with Crippen LogP contribution in [0, 0.1) is 17.6 Å². The Labute approximate surface area is 124 Å². The van der Waals surface area contributed by atoms with Crippen molar-refractivity contribution in [1.82, 2.24) is 5.32 Å². The van der Waals surface area contributed by atoms with Crippen molar-refractivity contribution < 1.29 is 23.5 Å². The van der Waals surface area contributed by atoms with Crippen molar-refractivity contribution in [2.75, 3.05) is 5.75 Å². The van der Waals surface area contributed by atoms with Gasteiger partial charge in [0.2, 0.25) is 5.91 Å². The number of nitrogens with one attached hydrogen (secondary N) is 1. The van der Waals surface area contributed by atoms with Gasteiger partial charge in [-0.25, -0.2) is 8.78 Å². The molecule has 0 saturated heterocycles. The lowest BCUT2D eigenvalue weighted by atomic mass is 10.1. The number of hydrogen-bond donors (Lipinski definition) is 2. The van der Waals surface area contributed by atoms with Crippen molar-refractivity contribution in [2.24, 2.45) is 5.92 Å². The Bertz CT molecular complexity index is 549. The molecule has 1 aromatic rings. The van der Waals surface area contributed by atoms with Crippen LogP contribution < -0.4 is 5.32 Å². The van der Waals surface area contributed by atoms with E-state index in [4.69, 9.17) is 5.11 Å². The number of carbonyl (C=O) groups excluding carboxylic acids is 1. The third-order valence-corrected chi connectivity index (χ3v) is 4.19. The molecular formula is C14H15F2NO3S. The number of aliphatic carboxylic acids is 1. The van der Waals surface area contributed by atoms with Gasteiger partial charge in [-0.2, -0.15) is 0 Å². The molecule has 0 heterocycles. The molecule has 1 aliphatic carbocycles. The van der Waals surface area contributed by atoms with Gasteiger partial charge in [0.05, 0.1) is 12.2 Å². The zero-order valence-corrected chi connectivity index (χ0v) is 12.0. The van der Waals surface area contributed by atoms with Crippen LogP contribution in [0.1, 0.15) is 19.3 Å². The lowest BCUT2D eigenvalue weighted by Gasteiger charge is -2.16. The minimum Gasteiger partial charge on any atom is -0.481 e. The standard InChI is InChI=1S/C14H15F2NO3S/c15-10-4-3-9(5-11(10)16)21-7-13(18)17-12(6-14(19)20)8-1-2-8/h3-5,8,12H,1-2,6-7H2,(H,17,18)(H,19,20). The maximum absolute atomic E-state index is 13.0. The molecule has 1 aromatic carbocycles. The molecule has 2 rings (SSSR count). The zero-order valence-electron chi connectivity index (χ0n) is 11.1. The summed E-state index contributed by atoms with van der Waals surface area (Å²) in [7, 11) is 0. The van der Waals surface area contributed by atoms with E-state index < -0.39 is 17.6 Å². The largest absolute Gasteiger partial charge is 0.481 e. The molecule has 0 aromatic heterocycles. The molecule has 21 heavy (non-hydrogen) atoms. The quantitative estimate of drug-likeness (QED) is 0.759. The summed E-state index contributed by atoms with van der Waals surface area (Å²) >= 11 is 1.08. The average Bonchev–Trinajstić information content (AvgIpc) is 3.23. The van der Waals surface area contributed by atoms with Gasteiger partial charge in [0, 0.05) is 10.9 Å². The summed E-state index contributed by atoms with van der Waals surface area (Å²) in [5.74, 6) is -2.86. The van der Waals surface area contributed by atoms with E-state index >= 15 is 0 Å². The highest BCUT2D eigenvalue weighted by atomic mass is 32.2. The number of carbonyl (C=O) groups is 2. The van der Waals surface area contributed by atoms with E-state index in [1.54, 1.807) is 0 Å². The average molecular weight is 315 g/mol. The predicted octanol–water partition coefficient (Wildman–Crippen LogP) is 2.43. The van der Waals surface area contributed by atoms with Crippen LogP contribution in [0.5, 0.6) is 0 Å². The number of carboxylic acid groups (broad SMARTS) is 1. The first-order valence-corrected chi connectivity index (χ1v) is 7.53. The Hall–Kier alpha value is -1.63. The Morgan fingerprint density at radius 2 is 2.05 bits per heavy atom. The molecule has 0 radical (unpaired) electrons. The first kappa shape index (κ1) is 15.8. The van der Waals surface area contributed by atoms with Gasteiger partial charge in [-0.3, -0.25) is 9.59 Å². The van der Waals surface area contributed by atoms with Gasteiger partial charge >= 0.3 is 5.97 Å². The normalized spacial score (nSPS) is 15.5. The molecule has 1 saturated carbocycles. The minimum atomic E-state index is -0.956. The van der Waals surface area contributed by atoms with E-state index in [1.807, 2.05) is 0 Å². The van der Waals surface area contributed by atoms with E-state index in [1.165, 1.54) is 6.07 Å².